The predicted octanol–water partition coefficient (Wildman–Crippen LogP) is 4.00. The van der Waals surface area contributed by atoms with Crippen LogP contribution in [0.25, 0.3) is 0 Å². The Bertz CT molecular complexity index is 393. The van der Waals surface area contributed by atoms with Gasteiger partial charge in [-0.05, 0) is 59.1 Å². The summed E-state index contributed by atoms with van der Waals surface area (Å²) in [5, 5.41) is 4.22. The molecule has 1 saturated heterocycles. The summed E-state index contributed by atoms with van der Waals surface area (Å²) in [5.41, 5.74) is 1.06. The Balaban J connectivity index is 2.10. The maximum atomic E-state index is 13.5. The lowest BCUT2D eigenvalue weighted by Gasteiger charge is -2.24. The zero-order chi connectivity index (χ0) is 13.0. The lowest BCUT2D eigenvalue weighted by molar-refractivity contribution is 0.493. The number of benzene rings is 1. The molecule has 0 spiro atoms. The van der Waals surface area contributed by atoms with Crippen molar-refractivity contribution < 1.29 is 4.39 Å². The Morgan fingerprint density at radius 3 is 3.06 bits per heavy atom. The van der Waals surface area contributed by atoms with E-state index in [9.17, 15) is 4.39 Å². The van der Waals surface area contributed by atoms with Gasteiger partial charge in [-0.3, -0.25) is 0 Å². The quantitative estimate of drug-likeness (QED) is 0.875. The zero-order valence-electron chi connectivity index (χ0n) is 10.6. The molecule has 18 heavy (non-hydrogen) atoms. The van der Waals surface area contributed by atoms with Gasteiger partial charge in [-0.1, -0.05) is 19.1 Å². The van der Waals surface area contributed by atoms with Crippen LogP contribution in [0.15, 0.2) is 22.7 Å². The van der Waals surface area contributed by atoms with Crippen molar-refractivity contribution in [3.63, 3.8) is 0 Å². The molecule has 1 N–H and O–H groups in total. The Morgan fingerprint density at radius 2 is 2.39 bits per heavy atom. The molecule has 100 valence electrons. The molecule has 1 aromatic rings. The molecule has 1 heterocycles. The third-order valence-electron chi connectivity index (χ3n) is 3.35. The molecule has 1 aliphatic rings. The monoisotopic (exact) mass is 331 g/mol. The van der Waals surface area contributed by atoms with Crippen molar-refractivity contribution in [3.8, 4) is 0 Å². The maximum Gasteiger partial charge on any atom is 0.137 e. The minimum atomic E-state index is -0.165. The van der Waals surface area contributed by atoms with E-state index in [2.05, 4.69) is 28.2 Å². The summed E-state index contributed by atoms with van der Waals surface area (Å²) < 4.78 is 14.1. The minimum absolute atomic E-state index is 0.165. The van der Waals surface area contributed by atoms with Crippen LogP contribution in [0.2, 0.25) is 0 Å². The topological polar surface area (TPSA) is 12.0 Å². The van der Waals surface area contributed by atoms with Gasteiger partial charge in [0.15, 0.2) is 0 Å². The SMILES string of the molecule is CCNC(Cc1cccc(F)c1Br)C1CCCS1. The molecule has 2 unspecified atom stereocenters. The molecule has 4 heteroatoms. The smallest absolute Gasteiger partial charge is 0.137 e. The van der Waals surface area contributed by atoms with Gasteiger partial charge in [0, 0.05) is 11.3 Å². The van der Waals surface area contributed by atoms with E-state index in [-0.39, 0.29) is 5.82 Å². The van der Waals surface area contributed by atoms with Crippen LogP contribution in [0, 0.1) is 5.82 Å². The fourth-order valence-electron chi connectivity index (χ4n) is 2.46. The molecule has 0 bridgehead atoms. The van der Waals surface area contributed by atoms with Crippen molar-refractivity contribution in [3.05, 3.63) is 34.1 Å². The lowest BCUT2D eigenvalue weighted by Crippen LogP contribution is -2.39. The van der Waals surface area contributed by atoms with Crippen molar-refractivity contribution >= 4 is 27.7 Å². The Morgan fingerprint density at radius 1 is 1.56 bits per heavy atom. The molecule has 0 saturated carbocycles. The van der Waals surface area contributed by atoms with Crippen molar-refractivity contribution in [2.75, 3.05) is 12.3 Å². The second-order valence-corrected chi connectivity index (χ2v) is 6.77. The second-order valence-electron chi connectivity index (χ2n) is 4.63. The van der Waals surface area contributed by atoms with E-state index in [1.165, 1.54) is 24.7 Å². The molecule has 0 aliphatic carbocycles. The first-order valence-corrected chi connectivity index (χ1v) is 8.34. The molecule has 2 atom stereocenters. The van der Waals surface area contributed by atoms with Gasteiger partial charge in [0.25, 0.3) is 0 Å². The third kappa shape index (κ3) is 3.49. The highest BCUT2D eigenvalue weighted by Gasteiger charge is 2.25. The molecular weight excluding hydrogens is 313 g/mol. The number of halogens is 2. The standard InChI is InChI=1S/C14H19BrFNS/c1-2-17-12(13-7-4-8-18-13)9-10-5-3-6-11(16)14(10)15/h3,5-6,12-13,17H,2,4,7-9H2,1H3. The van der Waals surface area contributed by atoms with Crippen LogP contribution < -0.4 is 5.32 Å². The Hall–Kier alpha value is -0.0600. The highest BCUT2D eigenvalue weighted by molar-refractivity contribution is 9.10. The number of rotatable bonds is 5. The summed E-state index contributed by atoms with van der Waals surface area (Å²) in [6.45, 7) is 3.10. The van der Waals surface area contributed by atoms with E-state index in [0.717, 1.165) is 18.5 Å². The largest absolute Gasteiger partial charge is 0.313 e. The maximum absolute atomic E-state index is 13.5. The van der Waals surface area contributed by atoms with Crippen LogP contribution >= 0.6 is 27.7 Å². The summed E-state index contributed by atoms with van der Waals surface area (Å²) in [6, 6.07) is 5.75. The number of nitrogens with one attached hydrogen (secondary N) is 1. The normalized spacial score (nSPS) is 21.2. The fourth-order valence-corrected chi connectivity index (χ4v) is 4.28. The summed E-state index contributed by atoms with van der Waals surface area (Å²) in [4.78, 5) is 0. The van der Waals surface area contributed by atoms with E-state index in [1.807, 2.05) is 17.8 Å². The van der Waals surface area contributed by atoms with Gasteiger partial charge in [-0.15, -0.1) is 0 Å². The minimum Gasteiger partial charge on any atom is -0.313 e. The van der Waals surface area contributed by atoms with Gasteiger partial charge in [-0.25, -0.2) is 4.39 Å². The van der Waals surface area contributed by atoms with Gasteiger partial charge < -0.3 is 5.32 Å². The van der Waals surface area contributed by atoms with Gasteiger partial charge >= 0.3 is 0 Å². The van der Waals surface area contributed by atoms with Gasteiger partial charge in [0.2, 0.25) is 0 Å². The molecule has 1 aliphatic heterocycles. The van der Waals surface area contributed by atoms with E-state index in [1.54, 1.807) is 6.07 Å². The van der Waals surface area contributed by atoms with E-state index in [0.29, 0.717) is 15.8 Å². The Kier molecular flexibility index (Phi) is 5.52. The van der Waals surface area contributed by atoms with Crippen LogP contribution in [0.5, 0.6) is 0 Å². The average molecular weight is 332 g/mol. The van der Waals surface area contributed by atoms with E-state index < -0.39 is 0 Å². The van der Waals surface area contributed by atoms with Gasteiger partial charge in [0.1, 0.15) is 5.82 Å². The second kappa shape index (κ2) is 6.92. The molecule has 1 aromatic carbocycles. The average Bonchev–Trinajstić information content (AvgIpc) is 2.88. The first kappa shape index (κ1) is 14.4. The van der Waals surface area contributed by atoms with Gasteiger partial charge in [-0.2, -0.15) is 11.8 Å². The molecule has 0 radical (unpaired) electrons. The number of hydrogen-bond acceptors (Lipinski definition) is 2. The van der Waals surface area contributed by atoms with E-state index >= 15 is 0 Å². The lowest BCUT2D eigenvalue weighted by atomic mass is 10.0. The first-order chi connectivity index (χ1) is 8.72. The van der Waals surface area contributed by atoms with Gasteiger partial charge in [0.05, 0.1) is 4.47 Å². The molecule has 2 rings (SSSR count). The third-order valence-corrected chi connectivity index (χ3v) is 5.76. The molecule has 1 nitrogen and oxygen atoms in total. The Labute approximate surface area is 121 Å². The van der Waals surface area contributed by atoms with E-state index in [4.69, 9.17) is 0 Å². The molecule has 0 aromatic heterocycles. The molecular formula is C14H19BrFNS. The highest BCUT2D eigenvalue weighted by Crippen LogP contribution is 2.31. The number of thioether (sulfide) groups is 1. The summed E-state index contributed by atoms with van der Waals surface area (Å²) in [6.07, 6.45) is 3.47. The zero-order valence-corrected chi connectivity index (χ0v) is 13.0. The van der Waals surface area contributed by atoms with Crippen LogP contribution in [-0.4, -0.2) is 23.6 Å². The van der Waals surface area contributed by atoms with Crippen molar-refractivity contribution in [2.45, 2.75) is 37.5 Å². The summed E-state index contributed by atoms with van der Waals surface area (Å²) in [5.74, 6) is 1.10. The fraction of sp³-hybridized carbons (Fsp3) is 0.571. The highest BCUT2D eigenvalue weighted by atomic mass is 79.9. The molecule has 1 fully saturated rings. The first-order valence-electron chi connectivity index (χ1n) is 6.50. The number of likely N-dealkylation sites (N-methyl/N-ethyl adjacent to an activating group) is 1. The van der Waals surface area contributed by atoms with Crippen molar-refractivity contribution in [1.82, 2.24) is 5.32 Å². The van der Waals surface area contributed by atoms with Crippen molar-refractivity contribution in [2.24, 2.45) is 0 Å². The predicted molar refractivity (Wildman–Crippen MR) is 80.7 cm³/mol. The number of hydrogen-bond donors (Lipinski definition) is 1. The molecule has 0 amide bonds. The van der Waals surface area contributed by atoms with Crippen LogP contribution in [-0.2, 0) is 6.42 Å². The van der Waals surface area contributed by atoms with Crippen LogP contribution in [0.3, 0.4) is 0 Å². The van der Waals surface area contributed by atoms with Crippen LogP contribution in [0.4, 0.5) is 4.39 Å². The summed E-state index contributed by atoms with van der Waals surface area (Å²) >= 11 is 5.41. The van der Waals surface area contributed by atoms with Crippen molar-refractivity contribution in [1.29, 1.82) is 0 Å². The van der Waals surface area contributed by atoms with Crippen LogP contribution in [0.1, 0.15) is 25.3 Å². The summed E-state index contributed by atoms with van der Waals surface area (Å²) in [7, 11) is 0.